The van der Waals surface area contributed by atoms with Crippen LogP contribution < -0.4 is 0 Å². The van der Waals surface area contributed by atoms with Gasteiger partial charge in [0.2, 0.25) is 5.91 Å². The molecule has 2 N–H and O–H groups in total. The van der Waals surface area contributed by atoms with Crippen LogP contribution >= 0.6 is 7.82 Å². The van der Waals surface area contributed by atoms with E-state index in [1.54, 1.807) is 4.90 Å². The minimum Gasteiger partial charge on any atom is -0.337 e. The van der Waals surface area contributed by atoms with Gasteiger partial charge in [0.25, 0.3) is 0 Å². The van der Waals surface area contributed by atoms with Gasteiger partial charge in [0.15, 0.2) is 0 Å². The van der Waals surface area contributed by atoms with Gasteiger partial charge in [0.05, 0.1) is 0 Å². The molecular weight excluding hydrogens is 353 g/mol. The maximum atomic E-state index is 11.9. The second-order valence-corrected chi connectivity index (χ2v) is 8.32. The van der Waals surface area contributed by atoms with E-state index >= 15 is 0 Å². The normalized spacial score (nSPS) is 15.1. The van der Waals surface area contributed by atoms with Gasteiger partial charge in [-0.3, -0.25) is 9.32 Å². The first-order chi connectivity index (χ1) is 12.3. The number of aryl methyl sites for hydroxylation is 2. The molecule has 1 saturated heterocycles. The Bertz CT molecular complexity index is 607. The zero-order chi connectivity index (χ0) is 19.0. The summed E-state index contributed by atoms with van der Waals surface area (Å²) in [5.41, 5.74) is 2.70. The van der Waals surface area contributed by atoms with Crippen LogP contribution in [0.4, 0.5) is 0 Å². The SMILES string of the molecule is Cc1ccc(CCCCCCCCC(=O)N2CC(OP(=O)(O)O)C2)cc1. The molecule has 26 heavy (non-hydrogen) atoms. The molecule has 0 unspecified atom stereocenters. The number of carbonyl (C=O) groups is 1. The van der Waals surface area contributed by atoms with E-state index < -0.39 is 13.9 Å². The molecule has 1 fully saturated rings. The van der Waals surface area contributed by atoms with Crippen LogP contribution in [-0.4, -0.2) is 39.8 Å². The fourth-order valence-electron chi connectivity index (χ4n) is 3.13. The van der Waals surface area contributed by atoms with Crippen LogP contribution in [0, 0.1) is 6.92 Å². The standard InChI is InChI=1S/C19H30NO5P/c1-16-10-12-17(13-11-16)8-6-4-2-3-5-7-9-19(21)20-14-18(15-20)25-26(22,23)24/h10-13,18H,2-9,14-15H2,1H3,(H2,22,23,24). The number of phosphoric ester groups is 1. The van der Waals surface area contributed by atoms with Crippen molar-refractivity contribution in [1.82, 2.24) is 4.90 Å². The number of unbranched alkanes of at least 4 members (excludes halogenated alkanes) is 5. The molecule has 7 heteroatoms. The van der Waals surface area contributed by atoms with Gasteiger partial charge in [-0.05, 0) is 31.7 Å². The number of amides is 1. The molecule has 0 atom stereocenters. The van der Waals surface area contributed by atoms with Gasteiger partial charge in [-0.2, -0.15) is 0 Å². The van der Waals surface area contributed by atoms with Crippen molar-refractivity contribution >= 4 is 13.7 Å². The van der Waals surface area contributed by atoms with Crippen LogP contribution in [0.5, 0.6) is 0 Å². The maximum Gasteiger partial charge on any atom is 0.469 e. The molecular formula is C19H30NO5P. The van der Waals surface area contributed by atoms with Crippen LogP contribution in [0.25, 0.3) is 0 Å². The van der Waals surface area contributed by atoms with Crippen molar-refractivity contribution in [2.45, 2.75) is 64.4 Å². The first kappa shape index (κ1) is 21.1. The summed E-state index contributed by atoms with van der Waals surface area (Å²) in [6.07, 6.45) is 7.79. The van der Waals surface area contributed by atoms with Crippen molar-refractivity contribution < 1.29 is 23.7 Å². The molecule has 1 aromatic carbocycles. The summed E-state index contributed by atoms with van der Waals surface area (Å²) in [4.78, 5) is 30.9. The quantitative estimate of drug-likeness (QED) is 0.450. The molecule has 146 valence electrons. The third-order valence-corrected chi connectivity index (χ3v) is 5.29. The Balaban J connectivity index is 1.43. The van der Waals surface area contributed by atoms with Crippen LogP contribution in [0.15, 0.2) is 24.3 Å². The molecule has 0 bridgehead atoms. The minimum atomic E-state index is -4.44. The minimum absolute atomic E-state index is 0.0509. The average Bonchev–Trinajstić information content (AvgIpc) is 2.53. The van der Waals surface area contributed by atoms with E-state index in [0.29, 0.717) is 6.42 Å². The predicted octanol–water partition coefficient (Wildman–Crippen LogP) is 3.59. The Hall–Kier alpha value is -1.20. The van der Waals surface area contributed by atoms with Gasteiger partial charge in [0.1, 0.15) is 6.10 Å². The van der Waals surface area contributed by atoms with Crippen molar-refractivity contribution in [1.29, 1.82) is 0 Å². The fraction of sp³-hybridized carbons (Fsp3) is 0.632. The molecule has 1 aliphatic heterocycles. The highest BCUT2D eigenvalue weighted by atomic mass is 31.2. The lowest BCUT2D eigenvalue weighted by Crippen LogP contribution is -2.54. The number of carbonyl (C=O) groups excluding carboxylic acids is 1. The van der Waals surface area contributed by atoms with Crippen molar-refractivity contribution in [2.24, 2.45) is 0 Å². The Kier molecular flexibility index (Phi) is 8.29. The highest BCUT2D eigenvalue weighted by molar-refractivity contribution is 7.46. The topological polar surface area (TPSA) is 87.1 Å². The van der Waals surface area contributed by atoms with Gasteiger partial charge in [0, 0.05) is 19.5 Å². The van der Waals surface area contributed by atoms with Crippen LogP contribution in [0.2, 0.25) is 0 Å². The Morgan fingerprint density at radius 1 is 1.08 bits per heavy atom. The van der Waals surface area contributed by atoms with Crippen LogP contribution in [0.3, 0.4) is 0 Å². The molecule has 2 rings (SSSR count). The smallest absolute Gasteiger partial charge is 0.337 e. The Labute approximate surface area is 155 Å². The lowest BCUT2D eigenvalue weighted by Gasteiger charge is -2.38. The van der Waals surface area contributed by atoms with E-state index in [-0.39, 0.29) is 19.0 Å². The number of rotatable bonds is 11. The second kappa shape index (κ2) is 10.2. The number of hydrogen-bond acceptors (Lipinski definition) is 3. The van der Waals surface area contributed by atoms with Crippen molar-refractivity contribution in [3.8, 4) is 0 Å². The Morgan fingerprint density at radius 2 is 1.65 bits per heavy atom. The lowest BCUT2D eigenvalue weighted by molar-refractivity contribution is -0.140. The molecule has 1 heterocycles. The van der Waals surface area contributed by atoms with E-state index in [0.717, 1.165) is 25.7 Å². The van der Waals surface area contributed by atoms with E-state index in [1.807, 2.05) is 0 Å². The van der Waals surface area contributed by atoms with Crippen LogP contribution in [-0.2, 0) is 20.3 Å². The van der Waals surface area contributed by atoms with E-state index in [4.69, 9.17) is 9.79 Å². The van der Waals surface area contributed by atoms with Crippen molar-refractivity contribution in [3.63, 3.8) is 0 Å². The van der Waals surface area contributed by atoms with Crippen molar-refractivity contribution in [3.05, 3.63) is 35.4 Å². The van der Waals surface area contributed by atoms with Gasteiger partial charge >= 0.3 is 7.82 Å². The van der Waals surface area contributed by atoms with E-state index in [1.165, 1.54) is 30.4 Å². The van der Waals surface area contributed by atoms with E-state index in [9.17, 15) is 9.36 Å². The fourth-order valence-corrected chi connectivity index (χ4v) is 3.65. The zero-order valence-corrected chi connectivity index (χ0v) is 16.4. The molecule has 1 amide bonds. The summed E-state index contributed by atoms with van der Waals surface area (Å²) in [6, 6.07) is 8.72. The molecule has 0 saturated carbocycles. The largest absolute Gasteiger partial charge is 0.469 e. The first-order valence-electron chi connectivity index (χ1n) is 9.41. The molecule has 0 aliphatic carbocycles. The molecule has 0 radical (unpaired) electrons. The zero-order valence-electron chi connectivity index (χ0n) is 15.5. The summed E-state index contributed by atoms with van der Waals surface area (Å²) in [5.74, 6) is 0.0509. The maximum absolute atomic E-state index is 11.9. The molecule has 0 aromatic heterocycles. The third-order valence-electron chi connectivity index (χ3n) is 4.71. The predicted molar refractivity (Wildman–Crippen MR) is 101 cm³/mol. The van der Waals surface area contributed by atoms with Gasteiger partial charge in [-0.15, -0.1) is 0 Å². The number of benzene rings is 1. The lowest BCUT2D eigenvalue weighted by atomic mass is 10.0. The summed E-state index contributed by atoms with van der Waals surface area (Å²) in [6.45, 7) is 2.66. The Morgan fingerprint density at radius 3 is 2.27 bits per heavy atom. The summed E-state index contributed by atoms with van der Waals surface area (Å²) in [5, 5.41) is 0. The summed E-state index contributed by atoms with van der Waals surface area (Å²) < 4.78 is 15.2. The molecule has 0 spiro atoms. The van der Waals surface area contributed by atoms with Gasteiger partial charge in [-0.1, -0.05) is 55.5 Å². The highest BCUT2D eigenvalue weighted by Gasteiger charge is 2.35. The highest BCUT2D eigenvalue weighted by Crippen LogP contribution is 2.39. The van der Waals surface area contributed by atoms with E-state index in [2.05, 4.69) is 35.7 Å². The van der Waals surface area contributed by atoms with Gasteiger partial charge < -0.3 is 14.7 Å². The average molecular weight is 383 g/mol. The van der Waals surface area contributed by atoms with Crippen LogP contribution in [0.1, 0.15) is 56.1 Å². The number of nitrogens with zero attached hydrogens (tertiary/aromatic N) is 1. The number of phosphoric acid groups is 1. The number of likely N-dealkylation sites (tertiary alicyclic amines) is 1. The molecule has 1 aromatic rings. The molecule has 1 aliphatic rings. The monoisotopic (exact) mass is 383 g/mol. The van der Waals surface area contributed by atoms with Crippen molar-refractivity contribution in [2.75, 3.05) is 13.1 Å². The summed E-state index contributed by atoms with van der Waals surface area (Å²) >= 11 is 0. The first-order valence-corrected chi connectivity index (χ1v) is 10.9. The third kappa shape index (κ3) is 8.00. The summed E-state index contributed by atoms with van der Waals surface area (Å²) in [7, 11) is -4.44. The van der Waals surface area contributed by atoms with Gasteiger partial charge in [-0.25, -0.2) is 4.57 Å². The number of hydrogen-bond donors (Lipinski definition) is 2. The molecule has 6 nitrogen and oxygen atoms in total. The second-order valence-electron chi connectivity index (χ2n) is 7.12.